The average molecular weight is 500 g/mol. The predicted octanol–water partition coefficient (Wildman–Crippen LogP) is 3.68. The van der Waals surface area contributed by atoms with Gasteiger partial charge in [0.25, 0.3) is 0 Å². The maximum atomic E-state index is 12.9. The second-order valence-electron chi connectivity index (χ2n) is 8.31. The van der Waals surface area contributed by atoms with Crippen LogP contribution in [0.15, 0.2) is 29.2 Å². The minimum atomic E-state index is -3.92. The van der Waals surface area contributed by atoms with Gasteiger partial charge in [-0.3, -0.25) is 4.79 Å². The lowest BCUT2D eigenvalue weighted by Crippen LogP contribution is -2.42. The lowest BCUT2D eigenvalue weighted by Gasteiger charge is -2.19. The number of hydrogen-bond acceptors (Lipinski definition) is 6. The quantitative estimate of drug-likeness (QED) is 0.407. The maximum absolute atomic E-state index is 12.9. The third-order valence-corrected chi connectivity index (χ3v) is 6.95. The summed E-state index contributed by atoms with van der Waals surface area (Å²) in [5.74, 6) is 0.309. The first kappa shape index (κ1) is 27.3. The van der Waals surface area contributed by atoms with Gasteiger partial charge in [-0.1, -0.05) is 50.9 Å². The van der Waals surface area contributed by atoms with Gasteiger partial charge in [-0.25, -0.2) is 13.4 Å². The second-order valence-corrected chi connectivity index (χ2v) is 10.4. The zero-order valence-electron chi connectivity index (χ0n) is 19.7. The SMILES string of the molecule is CCCCc1nc(Cl)c(CO)n1Cc1ccc(S(=O)(=O)N[C@H](CC(C)C)C(=O)OCC)cc1. The fourth-order valence-electron chi connectivity index (χ4n) is 3.49. The molecule has 0 unspecified atom stereocenters. The number of hydrogen-bond donors (Lipinski definition) is 2. The number of aliphatic hydroxyl groups is 1. The van der Waals surface area contributed by atoms with E-state index in [1.807, 2.05) is 18.4 Å². The van der Waals surface area contributed by atoms with Gasteiger partial charge in [-0.05, 0) is 43.4 Å². The molecule has 2 N–H and O–H groups in total. The number of benzene rings is 1. The van der Waals surface area contributed by atoms with Crippen molar-refractivity contribution >= 4 is 27.6 Å². The van der Waals surface area contributed by atoms with Crippen LogP contribution in [0.1, 0.15) is 64.0 Å². The van der Waals surface area contributed by atoms with Gasteiger partial charge in [0, 0.05) is 13.0 Å². The van der Waals surface area contributed by atoms with Crippen LogP contribution in [0.5, 0.6) is 0 Å². The molecule has 0 radical (unpaired) electrons. The van der Waals surface area contributed by atoms with Crippen molar-refractivity contribution in [2.45, 2.75) is 77.5 Å². The highest BCUT2D eigenvalue weighted by Gasteiger charge is 2.27. The van der Waals surface area contributed by atoms with Crippen molar-refractivity contribution in [2.24, 2.45) is 5.92 Å². The summed E-state index contributed by atoms with van der Waals surface area (Å²) in [5.41, 5.74) is 1.37. The Kier molecular flexibility index (Phi) is 10.3. The molecule has 1 atom stereocenters. The Bertz CT molecular complexity index is 1020. The summed E-state index contributed by atoms with van der Waals surface area (Å²) >= 11 is 6.20. The standard InChI is InChI=1S/C23H34ClN3O5S/c1-5-7-8-21-25-22(24)20(15-28)27(21)14-17-9-11-18(12-10-17)33(30,31)26-19(13-16(3)4)23(29)32-6-2/h9-12,16,19,26,28H,5-8,13-15H2,1-4H3/t19-/m1/s1. The van der Waals surface area contributed by atoms with Crippen molar-refractivity contribution in [3.8, 4) is 0 Å². The molecule has 10 heteroatoms. The monoisotopic (exact) mass is 499 g/mol. The topological polar surface area (TPSA) is 111 Å². The van der Waals surface area contributed by atoms with E-state index in [1.54, 1.807) is 19.1 Å². The molecular weight excluding hydrogens is 466 g/mol. The zero-order valence-corrected chi connectivity index (χ0v) is 21.2. The third-order valence-electron chi connectivity index (χ3n) is 5.16. The molecule has 0 bridgehead atoms. The van der Waals surface area contributed by atoms with E-state index >= 15 is 0 Å². The van der Waals surface area contributed by atoms with E-state index in [9.17, 15) is 18.3 Å². The first-order valence-electron chi connectivity index (χ1n) is 11.2. The van der Waals surface area contributed by atoms with Crippen molar-refractivity contribution in [3.05, 3.63) is 46.5 Å². The average Bonchev–Trinajstić information content (AvgIpc) is 3.05. The highest BCUT2D eigenvalue weighted by Crippen LogP contribution is 2.22. The molecule has 0 aliphatic rings. The summed E-state index contributed by atoms with van der Waals surface area (Å²) in [5, 5.41) is 10.0. The van der Waals surface area contributed by atoms with Crippen LogP contribution >= 0.6 is 11.6 Å². The second kappa shape index (κ2) is 12.5. The van der Waals surface area contributed by atoms with Crippen LogP contribution in [0.4, 0.5) is 0 Å². The van der Waals surface area contributed by atoms with Crippen LogP contribution in [0.3, 0.4) is 0 Å². The lowest BCUT2D eigenvalue weighted by molar-refractivity contribution is -0.145. The molecule has 8 nitrogen and oxygen atoms in total. The van der Waals surface area contributed by atoms with Gasteiger partial charge in [0.2, 0.25) is 10.0 Å². The number of nitrogens with one attached hydrogen (secondary N) is 1. The van der Waals surface area contributed by atoms with E-state index in [0.717, 1.165) is 30.7 Å². The number of imidazole rings is 1. The molecular formula is C23H34ClN3O5S. The molecule has 0 aliphatic heterocycles. The number of carbonyl (C=O) groups is 1. The minimum Gasteiger partial charge on any atom is -0.465 e. The summed E-state index contributed by atoms with van der Waals surface area (Å²) in [6, 6.07) is 5.45. The van der Waals surface area contributed by atoms with Crippen LogP contribution in [0.2, 0.25) is 5.15 Å². The van der Waals surface area contributed by atoms with Gasteiger partial charge in [0.05, 0.1) is 23.8 Å². The zero-order chi connectivity index (χ0) is 24.6. The van der Waals surface area contributed by atoms with Crippen LogP contribution in [-0.2, 0) is 39.1 Å². The van der Waals surface area contributed by atoms with Crippen LogP contribution < -0.4 is 4.72 Å². The number of aryl methyl sites for hydroxylation is 1. The van der Waals surface area contributed by atoms with Crippen molar-refractivity contribution in [3.63, 3.8) is 0 Å². The number of sulfonamides is 1. The van der Waals surface area contributed by atoms with Crippen molar-refractivity contribution < 1.29 is 23.1 Å². The smallest absolute Gasteiger partial charge is 0.324 e. The molecule has 0 saturated carbocycles. The summed E-state index contributed by atoms with van der Waals surface area (Å²) < 4.78 is 35.2. The largest absolute Gasteiger partial charge is 0.465 e. The van der Waals surface area contributed by atoms with Crippen molar-refractivity contribution in [2.75, 3.05) is 6.61 Å². The Balaban J connectivity index is 2.23. The Morgan fingerprint density at radius 1 is 1.24 bits per heavy atom. The first-order chi connectivity index (χ1) is 15.6. The van der Waals surface area contributed by atoms with Crippen LogP contribution in [0.25, 0.3) is 0 Å². The minimum absolute atomic E-state index is 0.0570. The van der Waals surface area contributed by atoms with E-state index in [0.29, 0.717) is 18.7 Å². The highest BCUT2D eigenvalue weighted by atomic mass is 35.5. The fourth-order valence-corrected chi connectivity index (χ4v) is 4.94. The van der Waals surface area contributed by atoms with Gasteiger partial charge in [0.1, 0.15) is 11.9 Å². The molecule has 2 aromatic rings. The molecule has 0 fully saturated rings. The van der Waals surface area contributed by atoms with E-state index in [-0.39, 0.29) is 29.2 Å². The Morgan fingerprint density at radius 3 is 2.45 bits per heavy atom. The summed E-state index contributed by atoms with van der Waals surface area (Å²) in [4.78, 5) is 16.7. The van der Waals surface area contributed by atoms with Gasteiger partial charge < -0.3 is 14.4 Å². The van der Waals surface area contributed by atoms with Crippen molar-refractivity contribution in [1.82, 2.24) is 14.3 Å². The molecule has 184 valence electrons. The molecule has 1 heterocycles. The number of ether oxygens (including phenoxy) is 1. The third kappa shape index (κ3) is 7.53. The number of rotatable bonds is 13. The molecule has 1 aromatic heterocycles. The fraction of sp³-hybridized carbons (Fsp3) is 0.565. The number of nitrogens with zero attached hydrogens (tertiary/aromatic N) is 2. The van der Waals surface area contributed by atoms with Gasteiger partial charge in [0.15, 0.2) is 5.15 Å². The molecule has 33 heavy (non-hydrogen) atoms. The Morgan fingerprint density at radius 2 is 1.91 bits per heavy atom. The van der Waals surface area contributed by atoms with E-state index < -0.39 is 22.0 Å². The lowest BCUT2D eigenvalue weighted by atomic mass is 10.1. The summed E-state index contributed by atoms with van der Waals surface area (Å²) in [7, 11) is -3.92. The highest BCUT2D eigenvalue weighted by molar-refractivity contribution is 7.89. The van der Waals surface area contributed by atoms with E-state index in [4.69, 9.17) is 16.3 Å². The number of esters is 1. The summed E-state index contributed by atoms with van der Waals surface area (Å²) in [6.07, 6.45) is 3.01. The molecule has 0 saturated heterocycles. The van der Waals surface area contributed by atoms with Gasteiger partial charge in [-0.15, -0.1) is 0 Å². The van der Waals surface area contributed by atoms with Crippen LogP contribution in [0, 0.1) is 5.92 Å². The number of halogens is 1. The van der Waals surface area contributed by atoms with E-state index in [1.165, 1.54) is 12.1 Å². The molecule has 2 rings (SSSR count). The van der Waals surface area contributed by atoms with Crippen molar-refractivity contribution in [1.29, 1.82) is 0 Å². The predicted molar refractivity (Wildman–Crippen MR) is 128 cm³/mol. The number of aromatic nitrogens is 2. The van der Waals surface area contributed by atoms with Crippen LogP contribution in [-0.4, -0.2) is 41.7 Å². The first-order valence-corrected chi connectivity index (χ1v) is 13.1. The Labute approximate surface area is 201 Å². The van der Waals surface area contributed by atoms with E-state index in [2.05, 4.69) is 16.6 Å². The molecule has 0 amide bonds. The van der Waals surface area contributed by atoms with Gasteiger partial charge in [-0.2, -0.15) is 4.72 Å². The molecule has 0 spiro atoms. The maximum Gasteiger partial charge on any atom is 0.324 e. The number of unbranched alkanes of at least 4 members (excludes halogenated alkanes) is 1. The number of aliphatic hydroxyl groups excluding tert-OH is 1. The summed E-state index contributed by atoms with van der Waals surface area (Å²) in [6.45, 7) is 7.93. The normalized spacial score (nSPS) is 12.8. The Hall–Kier alpha value is -1.94. The van der Waals surface area contributed by atoms with Gasteiger partial charge >= 0.3 is 5.97 Å². The number of carbonyl (C=O) groups excluding carboxylic acids is 1. The molecule has 0 aliphatic carbocycles. The molecule has 1 aromatic carbocycles.